The Kier molecular flexibility index (Phi) is 2.60. The Morgan fingerprint density at radius 2 is 2.25 bits per heavy atom. The number of anilines is 1. The van der Waals surface area contributed by atoms with Gasteiger partial charge in [-0.05, 0) is 23.8 Å². The minimum Gasteiger partial charge on any atom is -0.481 e. The number of carbonyl (C=O) groups is 1. The molecule has 0 fully saturated rings. The van der Waals surface area contributed by atoms with Gasteiger partial charge in [-0.25, -0.2) is 0 Å². The lowest BCUT2D eigenvalue weighted by Gasteiger charge is -2.02. The average Bonchev–Trinajstić information content (AvgIpc) is 1.96. The highest BCUT2D eigenvalue weighted by molar-refractivity contribution is 7.80. The number of thiol groups is 1. The molecule has 1 aromatic carbocycles. The Labute approximate surface area is 75.6 Å². The van der Waals surface area contributed by atoms with Gasteiger partial charge >= 0.3 is 5.97 Å². The van der Waals surface area contributed by atoms with Gasteiger partial charge in [0.05, 0.1) is 6.42 Å². The Morgan fingerprint density at radius 1 is 1.58 bits per heavy atom. The lowest BCUT2D eigenvalue weighted by molar-refractivity contribution is -0.136. The molecule has 3 N–H and O–H groups in total. The quantitative estimate of drug-likeness (QED) is 0.476. The van der Waals surface area contributed by atoms with E-state index in [4.69, 9.17) is 10.8 Å². The third-order valence-corrected chi connectivity index (χ3v) is 1.88. The first-order valence-electron chi connectivity index (χ1n) is 3.39. The van der Waals surface area contributed by atoms with Crippen molar-refractivity contribution in [2.75, 3.05) is 5.73 Å². The first kappa shape index (κ1) is 8.93. The van der Waals surface area contributed by atoms with Crippen LogP contribution in [0.1, 0.15) is 5.56 Å². The largest absolute Gasteiger partial charge is 0.481 e. The molecule has 0 radical (unpaired) electrons. The van der Waals surface area contributed by atoms with Crippen LogP contribution in [0.15, 0.2) is 23.1 Å². The zero-order valence-electron chi connectivity index (χ0n) is 6.32. The molecule has 1 rings (SSSR count). The number of carboxylic acid groups (broad SMARTS) is 1. The van der Waals surface area contributed by atoms with Crippen LogP contribution in [0.2, 0.25) is 0 Å². The monoisotopic (exact) mass is 183 g/mol. The van der Waals surface area contributed by atoms with E-state index in [1.165, 1.54) is 0 Å². The molecule has 0 saturated heterocycles. The average molecular weight is 183 g/mol. The summed E-state index contributed by atoms with van der Waals surface area (Å²) in [4.78, 5) is 11.0. The fourth-order valence-electron chi connectivity index (χ4n) is 0.910. The van der Waals surface area contributed by atoms with Gasteiger partial charge in [-0.15, -0.1) is 12.6 Å². The number of aliphatic carboxylic acids is 1. The molecule has 0 bridgehead atoms. The van der Waals surface area contributed by atoms with E-state index in [1.807, 2.05) is 0 Å². The molecule has 0 heterocycles. The van der Waals surface area contributed by atoms with Crippen molar-refractivity contribution in [3.63, 3.8) is 0 Å². The molecule has 4 heteroatoms. The van der Waals surface area contributed by atoms with Crippen molar-refractivity contribution in [3.05, 3.63) is 23.8 Å². The normalized spacial score (nSPS) is 9.75. The Balaban J connectivity index is 2.97. The molecule has 3 nitrogen and oxygen atoms in total. The summed E-state index contributed by atoms with van der Waals surface area (Å²) in [6.07, 6.45) is -0.0378. The first-order chi connectivity index (χ1) is 5.59. The zero-order chi connectivity index (χ0) is 9.14. The number of hydrogen-bond donors (Lipinski definition) is 3. The van der Waals surface area contributed by atoms with Crippen molar-refractivity contribution in [2.45, 2.75) is 11.3 Å². The van der Waals surface area contributed by atoms with Crippen molar-refractivity contribution < 1.29 is 9.90 Å². The molecular formula is C8H9NO2S. The summed E-state index contributed by atoms with van der Waals surface area (Å²) in [5.41, 5.74) is 6.68. The van der Waals surface area contributed by atoms with E-state index in [1.54, 1.807) is 18.2 Å². The first-order valence-corrected chi connectivity index (χ1v) is 3.83. The third-order valence-electron chi connectivity index (χ3n) is 1.45. The van der Waals surface area contributed by atoms with E-state index in [2.05, 4.69) is 12.6 Å². The highest BCUT2D eigenvalue weighted by Crippen LogP contribution is 2.17. The SMILES string of the molecule is Nc1ccc(S)c(CC(=O)O)c1. The maximum absolute atomic E-state index is 10.4. The smallest absolute Gasteiger partial charge is 0.307 e. The molecule has 0 atom stereocenters. The topological polar surface area (TPSA) is 63.3 Å². The van der Waals surface area contributed by atoms with E-state index in [-0.39, 0.29) is 6.42 Å². The van der Waals surface area contributed by atoms with E-state index < -0.39 is 5.97 Å². The van der Waals surface area contributed by atoms with Gasteiger partial charge in [-0.2, -0.15) is 0 Å². The zero-order valence-corrected chi connectivity index (χ0v) is 7.21. The van der Waals surface area contributed by atoms with Crippen molar-refractivity contribution in [1.82, 2.24) is 0 Å². The number of nitrogen functional groups attached to an aromatic ring is 1. The lowest BCUT2D eigenvalue weighted by Crippen LogP contribution is -2.01. The molecule has 0 aliphatic rings. The molecule has 0 spiro atoms. The van der Waals surface area contributed by atoms with Crippen molar-refractivity contribution in [3.8, 4) is 0 Å². The second-order valence-electron chi connectivity index (χ2n) is 2.46. The fraction of sp³-hybridized carbons (Fsp3) is 0.125. The van der Waals surface area contributed by atoms with Gasteiger partial charge in [0.25, 0.3) is 0 Å². The maximum atomic E-state index is 10.4. The minimum absolute atomic E-state index is 0.0378. The van der Waals surface area contributed by atoms with Crippen LogP contribution in [0.4, 0.5) is 5.69 Å². The highest BCUT2D eigenvalue weighted by Gasteiger charge is 2.04. The molecule has 0 unspecified atom stereocenters. The lowest BCUT2D eigenvalue weighted by atomic mass is 10.1. The molecule has 0 aliphatic heterocycles. The van der Waals surface area contributed by atoms with Crippen LogP contribution in [-0.4, -0.2) is 11.1 Å². The number of hydrogen-bond acceptors (Lipinski definition) is 3. The van der Waals surface area contributed by atoms with Crippen LogP contribution in [0, 0.1) is 0 Å². The standard InChI is InChI=1S/C8H9NO2S/c9-6-1-2-7(12)5(3-6)4-8(10)11/h1-3,12H,4,9H2,(H,10,11). The second-order valence-corrected chi connectivity index (χ2v) is 2.94. The fourth-order valence-corrected chi connectivity index (χ4v) is 1.13. The third kappa shape index (κ3) is 2.17. The van der Waals surface area contributed by atoms with Gasteiger partial charge in [0.2, 0.25) is 0 Å². The van der Waals surface area contributed by atoms with Crippen LogP contribution >= 0.6 is 12.6 Å². The van der Waals surface area contributed by atoms with Gasteiger partial charge < -0.3 is 10.8 Å². The highest BCUT2D eigenvalue weighted by atomic mass is 32.1. The predicted molar refractivity (Wildman–Crippen MR) is 49.4 cm³/mol. The summed E-state index contributed by atoms with van der Waals surface area (Å²) in [7, 11) is 0. The van der Waals surface area contributed by atoms with Crippen molar-refractivity contribution >= 4 is 24.3 Å². The minimum atomic E-state index is -0.879. The Bertz CT molecular complexity index is 312. The van der Waals surface area contributed by atoms with E-state index in [0.717, 1.165) is 0 Å². The number of carboxylic acids is 1. The molecule has 0 aromatic heterocycles. The van der Waals surface area contributed by atoms with Gasteiger partial charge in [0.15, 0.2) is 0 Å². The summed E-state index contributed by atoms with van der Waals surface area (Å²) >= 11 is 4.10. The number of benzene rings is 1. The van der Waals surface area contributed by atoms with Gasteiger partial charge in [0, 0.05) is 10.6 Å². The molecule has 0 amide bonds. The van der Waals surface area contributed by atoms with E-state index in [0.29, 0.717) is 16.1 Å². The van der Waals surface area contributed by atoms with E-state index >= 15 is 0 Å². The van der Waals surface area contributed by atoms with Crippen LogP contribution in [0.3, 0.4) is 0 Å². The van der Waals surface area contributed by atoms with E-state index in [9.17, 15) is 4.79 Å². The van der Waals surface area contributed by atoms with Gasteiger partial charge in [-0.3, -0.25) is 4.79 Å². The molecule has 0 saturated carbocycles. The maximum Gasteiger partial charge on any atom is 0.307 e. The van der Waals surface area contributed by atoms with Crippen LogP contribution in [-0.2, 0) is 11.2 Å². The molecule has 64 valence electrons. The summed E-state index contributed by atoms with van der Waals surface area (Å²) < 4.78 is 0. The number of rotatable bonds is 2. The molecule has 12 heavy (non-hydrogen) atoms. The van der Waals surface area contributed by atoms with Crippen LogP contribution in [0.25, 0.3) is 0 Å². The molecular weight excluding hydrogens is 174 g/mol. The molecule has 1 aromatic rings. The van der Waals surface area contributed by atoms with Crippen LogP contribution < -0.4 is 5.73 Å². The van der Waals surface area contributed by atoms with Crippen molar-refractivity contribution in [2.24, 2.45) is 0 Å². The van der Waals surface area contributed by atoms with Gasteiger partial charge in [0.1, 0.15) is 0 Å². The summed E-state index contributed by atoms with van der Waals surface area (Å²) in [6, 6.07) is 5.00. The Hall–Kier alpha value is -1.16. The summed E-state index contributed by atoms with van der Waals surface area (Å²) in [6.45, 7) is 0. The predicted octanol–water partition coefficient (Wildman–Crippen LogP) is 1.18. The Morgan fingerprint density at radius 3 is 2.83 bits per heavy atom. The summed E-state index contributed by atoms with van der Waals surface area (Å²) in [5.74, 6) is -0.879. The molecule has 0 aliphatic carbocycles. The van der Waals surface area contributed by atoms with Gasteiger partial charge in [-0.1, -0.05) is 0 Å². The van der Waals surface area contributed by atoms with Crippen molar-refractivity contribution in [1.29, 1.82) is 0 Å². The second kappa shape index (κ2) is 3.49. The number of nitrogens with two attached hydrogens (primary N) is 1. The summed E-state index contributed by atoms with van der Waals surface area (Å²) in [5, 5.41) is 8.51. The van der Waals surface area contributed by atoms with Crippen LogP contribution in [0.5, 0.6) is 0 Å².